The Labute approximate surface area is 138 Å². The van der Waals surface area contributed by atoms with E-state index in [9.17, 15) is 13.2 Å². The number of furan rings is 1. The second-order valence-electron chi connectivity index (χ2n) is 6.87. The molecule has 0 spiro atoms. The lowest BCUT2D eigenvalue weighted by atomic mass is 9.86. The number of benzene rings is 1. The molecule has 7 heteroatoms. The Bertz CT molecular complexity index is 734. The summed E-state index contributed by atoms with van der Waals surface area (Å²) in [5.41, 5.74) is -0.955. The van der Waals surface area contributed by atoms with Crippen molar-refractivity contribution in [3.8, 4) is 11.3 Å². The van der Waals surface area contributed by atoms with Gasteiger partial charge in [-0.1, -0.05) is 12.1 Å². The summed E-state index contributed by atoms with van der Waals surface area (Å²) in [7, 11) is -0.686. The van der Waals surface area contributed by atoms with Gasteiger partial charge in [0, 0.05) is 5.56 Å². The molecule has 0 aliphatic carbocycles. The third-order valence-corrected chi connectivity index (χ3v) is 4.59. The molecule has 3 nitrogen and oxygen atoms in total. The van der Waals surface area contributed by atoms with Gasteiger partial charge in [-0.25, -0.2) is 0 Å². The average Bonchev–Trinajstić information content (AvgIpc) is 3.02. The number of alkyl halides is 3. The first kappa shape index (κ1) is 17.1. The maximum Gasteiger partial charge on any atom is 0.532 e. The van der Waals surface area contributed by atoms with Gasteiger partial charge in [0.1, 0.15) is 11.4 Å². The quantitative estimate of drug-likeness (QED) is 0.767. The molecule has 2 heterocycles. The molecule has 3 rings (SSSR count). The molecule has 0 unspecified atom stereocenters. The topological polar surface area (TPSA) is 31.6 Å². The smallest absolute Gasteiger partial charge is 0.465 e. The minimum Gasteiger partial charge on any atom is -0.465 e. The molecule has 1 saturated heterocycles. The standard InChI is InChI=1S/C17H18BF3O3/c1-15(2)16(3,4)24-18(23-15)14-9-8-13(22-14)11-6-5-7-12(10-11)17(19,20)21/h5-10H,1-4H3. The van der Waals surface area contributed by atoms with Gasteiger partial charge < -0.3 is 13.7 Å². The summed E-state index contributed by atoms with van der Waals surface area (Å²) in [5, 5.41) is 0. The number of halogens is 3. The number of hydrogen-bond donors (Lipinski definition) is 0. The fraction of sp³-hybridized carbons (Fsp3) is 0.412. The van der Waals surface area contributed by atoms with Gasteiger partial charge in [-0.2, -0.15) is 13.2 Å². The fourth-order valence-corrected chi connectivity index (χ4v) is 2.44. The predicted molar refractivity (Wildman–Crippen MR) is 84.9 cm³/mol. The largest absolute Gasteiger partial charge is 0.532 e. The minimum atomic E-state index is -4.39. The van der Waals surface area contributed by atoms with Crippen molar-refractivity contribution >= 4 is 12.8 Å². The second-order valence-corrected chi connectivity index (χ2v) is 6.87. The molecule has 1 aromatic carbocycles. The third-order valence-electron chi connectivity index (χ3n) is 4.59. The van der Waals surface area contributed by atoms with Crippen molar-refractivity contribution in [3.63, 3.8) is 0 Å². The number of hydrogen-bond acceptors (Lipinski definition) is 3. The Kier molecular flexibility index (Phi) is 3.84. The Balaban J connectivity index is 1.87. The SMILES string of the molecule is CC1(C)OB(c2ccc(-c3cccc(C(F)(F)F)c3)o2)OC1(C)C. The van der Waals surface area contributed by atoms with Crippen LogP contribution in [0.4, 0.5) is 13.2 Å². The van der Waals surface area contributed by atoms with Crippen molar-refractivity contribution in [3.05, 3.63) is 42.0 Å². The lowest BCUT2D eigenvalue weighted by molar-refractivity contribution is -0.137. The van der Waals surface area contributed by atoms with Crippen molar-refractivity contribution in [2.45, 2.75) is 45.1 Å². The molecule has 1 aliphatic heterocycles. The highest BCUT2D eigenvalue weighted by Gasteiger charge is 2.53. The van der Waals surface area contributed by atoms with Gasteiger partial charge in [0.2, 0.25) is 0 Å². The van der Waals surface area contributed by atoms with Crippen LogP contribution in [0.5, 0.6) is 0 Å². The van der Waals surface area contributed by atoms with E-state index in [1.807, 2.05) is 27.7 Å². The van der Waals surface area contributed by atoms with E-state index in [0.29, 0.717) is 17.0 Å². The second kappa shape index (κ2) is 5.39. The molecule has 0 amide bonds. The van der Waals surface area contributed by atoms with Gasteiger partial charge in [-0.05, 0) is 52.0 Å². The molecule has 1 aliphatic rings. The summed E-state index contributed by atoms with van der Waals surface area (Å²) in [5.74, 6) is 0.339. The highest BCUT2D eigenvalue weighted by atomic mass is 19.4. The van der Waals surface area contributed by atoms with Crippen LogP contribution >= 0.6 is 0 Å². The zero-order valence-corrected chi connectivity index (χ0v) is 13.9. The summed E-state index contributed by atoms with van der Waals surface area (Å²) in [4.78, 5) is 0. The lowest BCUT2D eigenvalue weighted by Crippen LogP contribution is -2.41. The van der Waals surface area contributed by atoms with E-state index in [1.54, 1.807) is 18.2 Å². The monoisotopic (exact) mass is 338 g/mol. The molecular weight excluding hydrogens is 320 g/mol. The Morgan fingerprint density at radius 1 is 0.917 bits per heavy atom. The van der Waals surface area contributed by atoms with Gasteiger partial charge in [-0.15, -0.1) is 0 Å². The van der Waals surface area contributed by atoms with E-state index in [2.05, 4.69) is 0 Å². The van der Waals surface area contributed by atoms with E-state index < -0.39 is 30.1 Å². The van der Waals surface area contributed by atoms with E-state index in [4.69, 9.17) is 13.7 Å². The van der Waals surface area contributed by atoms with Gasteiger partial charge in [0.15, 0.2) is 0 Å². The van der Waals surface area contributed by atoms with Crippen LogP contribution in [0.2, 0.25) is 0 Å². The van der Waals surface area contributed by atoms with Crippen LogP contribution in [0.1, 0.15) is 33.3 Å². The summed E-state index contributed by atoms with van der Waals surface area (Å²) < 4.78 is 56.0. The third kappa shape index (κ3) is 2.98. The van der Waals surface area contributed by atoms with Crippen LogP contribution in [0.15, 0.2) is 40.8 Å². The van der Waals surface area contributed by atoms with Crippen LogP contribution in [-0.2, 0) is 15.5 Å². The molecule has 1 fully saturated rings. The normalized spacial score (nSPS) is 19.7. The first-order valence-electron chi connectivity index (χ1n) is 7.63. The van der Waals surface area contributed by atoms with Gasteiger partial charge in [0.05, 0.1) is 16.8 Å². The Hall–Kier alpha value is -1.73. The molecule has 128 valence electrons. The van der Waals surface area contributed by atoms with E-state index in [0.717, 1.165) is 12.1 Å². The Morgan fingerprint density at radius 2 is 1.54 bits per heavy atom. The van der Waals surface area contributed by atoms with Crippen LogP contribution < -0.4 is 5.66 Å². The lowest BCUT2D eigenvalue weighted by Gasteiger charge is -2.32. The molecule has 0 radical (unpaired) electrons. The van der Waals surface area contributed by atoms with Gasteiger partial charge in [-0.3, -0.25) is 0 Å². The molecule has 1 aromatic heterocycles. The van der Waals surface area contributed by atoms with Crippen molar-refractivity contribution in [1.82, 2.24) is 0 Å². The first-order valence-corrected chi connectivity index (χ1v) is 7.63. The van der Waals surface area contributed by atoms with Crippen LogP contribution in [-0.4, -0.2) is 18.3 Å². The molecule has 0 atom stereocenters. The van der Waals surface area contributed by atoms with Crippen LogP contribution in [0.25, 0.3) is 11.3 Å². The van der Waals surface area contributed by atoms with Crippen molar-refractivity contribution in [1.29, 1.82) is 0 Å². The van der Waals surface area contributed by atoms with E-state index >= 15 is 0 Å². The fourth-order valence-electron chi connectivity index (χ4n) is 2.44. The number of rotatable bonds is 2. The summed E-state index contributed by atoms with van der Waals surface area (Å²) in [6.45, 7) is 7.68. The van der Waals surface area contributed by atoms with E-state index in [-0.39, 0.29) is 0 Å². The molecule has 0 N–H and O–H groups in total. The maximum absolute atomic E-state index is 12.8. The molecule has 24 heavy (non-hydrogen) atoms. The van der Waals surface area contributed by atoms with Crippen molar-refractivity contribution in [2.75, 3.05) is 0 Å². The van der Waals surface area contributed by atoms with Crippen LogP contribution in [0, 0.1) is 0 Å². The average molecular weight is 338 g/mol. The zero-order valence-electron chi connectivity index (χ0n) is 13.9. The van der Waals surface area contributed by atoms with Crippen LogP contribution in [0.3, 0.4) is 0 Å². The minimum absolute atomic E-state index is 0.339. The molecule has 0 bridgehead atoms. The highest BCUT2D eigenvalue weighted by Crippen LogP contribution is 2.37. The summed E-state index contributed by atoms with van der Waals surface area (Å²) >= 11 is 0. The highest BCUT2D eigenvalue weighted by molar-refractivity contribution is 6.60. The van der Waals surface area contributed by atoms with Crippen molar-refractivity contribution in [2.24, 2.45) is 0 Å². The molecule has 0 saturated carbocycles. The van der Waals surface area contributed by atoms with Crippen molar-refractivity contribution < 1.29 is 26.9 Å². The first-order chi connectivity index (χ1) is 11.0. The van der Waals surface area contributed by atoms with E-state index in [1.165, 1.54) is 6.07 Å². The Morgan fingerprint density at radius 3 is 2.12 bits per heavy atom. The summed E-state index contributed by atoms with van der Waals surface area (Å²) in [6.07, 6.45) is -4.39. The predicted octanol–water partition coefficient (Wildman–Crippen LogP) is 4.26. The maximum atomic E-state index is 12.8. The van der Waals surface area contributed by atoms with Gasteiger partial charge >= 0.3 is 13.3 Å². The molecular formula is C17H18BF3O3. The zero-order chi connectivity index (χ0) is 17.8. The van der Waals surface area contributed by atoms with Gasteiger partial charge in [0.25, 0.3) is 0 Å². The molecule has 2 aromatic rings. The summed E-state index contributed by atoms with van der Waals surface area (Å²) in [6, 6.07) is 8.30.